The minimum atomic E-state index is -0.292. The summed E-state index contributed by atoms with van der Waals surface area (Å²) in [6, 6.07) is 93.8. The largest absolute Gasteiger partial charge is 0.309 e. The molecule has 3 aromatic heterocycles. The normalized spacial score (nSPS) is 12.6. The van der Waals surface area contributed by atoms with E-state index in [1.54, 1.807) is 0 Å². The highest BCUT2D eigenvalue weighted by Gasteiger charge is 2.40. The van der Waals surface area contributed by atoms with Gasteiger partial charge in [0.05, 0.1) is 11.0 Å². The first kappa shape index (κ1) is 47.4. The zero-order valence-corrected chi connectivity index (χ0v) is 45.2. The van der Waals surface area contributed by atoms with Crippen LogP contribution in [-0.4, -0.2) is 24.5 Å². The third-order valence-corrected chi connectivity index (χ3v) is 17.0. The van der Waals surface area contributed by atoms with E-state index in [4.69, 9.17) is 19.9 Å². The molecule has 0 fully saturated rings. The Morgan fingerprint density at radius 2 is 0.756 bits per heavy atom. The number of rotatable bonds is 8. The van der Waals surface area contributed by atoms with Gasteiger partial charge in [0.2, 0.25) is 0 Å². The van der Waals surface area contributed by atoms with Gasteiger partial charge >= 0.3 is 0 Å². The van der Waals surface area contributed by atoms with Gasteiger partial charge in [0.25, 0.3) is 0 Å². The molecule has 384 valence electrons. The molecule has 0 radical (unpaired) electrons. The van der Waals surface area contributed by atoms with Crippen molar-refractivity contribution in [3.63, 3.8) is 0 Å². The van der Waals surface area contributed by atoms with E-state index >= 15 is 0 Å². The molecule has 12 aromatic carbocycles. The molecule has 3 heterocycles. The molecule has 5 nitrogen and oxygen atoms in total. The first-order chi connectivity index (χ1) is 40.4. The maximum atomic E-state index is 5.49. The minimum absolute atomic E-state index is 0.292. The van der Waals surface area contributed by atoms with Gasteiger partial charge < -0.3 is 4.57 Å². The Kier molecular flexibility index (Phi) is 10.8. The lowest BCUT2D eigenvalue weighted by Gasteiger charge is -2.24. The molecule has 0 atom stereocenters. The summed E-state index contributed by atoms with van der Waals surface area (Å²) < 4.78 is 2.40. The predicted octanol–water partition coefficient (Wildman–Crippen LogP) is 19.8. The lowest BCUT2D eigenvalue weighted by Crippen LogP contribution is -2.15. The molecule has 0 amide bonds. The number of benzene rings is 12. The highest BCUT2D eigenvalue weighted by Crippen LogP contribution is 2.57. The Morgan fingerprint density at radius 1 is 0.317 bits per heavy atom. The average Bonchev–Trinajstić information content (AvgIpc) is 2.77. The summed E-state index contributed by atoms with van der Waals surface area (Å²) >= 11 is 0. The third kappa shape index (κ3) is 7.62. The molecular weight excluding hydrogens is 995 g/mol. The van der Waals surface area contributed by atoms with Gasteiger partial charge in [-0.25, -0.2) is 15.0 Å². The van der Waals surface area contributed by atoms with E-state index < -0.39 is 0 Å². The summed E-state index contributed by atoms with van der Waals surface area (Å²) in [5, 5.41) is 10.1. The van der Waals surface area contributed by atoms with Crippen molar-refractivity contribution in [2.45, 2.75) is 19.3 Å². The van der Waals surface area contributed by atoms with Crippen LogP contribution in [0.15, 0.2) is 273 Å². The minimum Gasteiger partial charge on any atom is -0.309 e. The quantitative estimate of drug-likeness (QED) is 0.142. The van der Waals surface area contributed by atoms with Crippen molar-refractivity contribution >= 4 is 54.1 Å². The molecule has 0 saturated heterocycles. The fourth-order valence-corrected chi connectivity index (χ4v) is 13.3. The van der Waals surface area contributed by atoms with Crippen LogP contribution < -0.4 is 0 Å². The molecule has 1 aliphatic carbocycles. The van der Waals surface area contributed by atoms with Gasteiger partial charge in [-0.3, -0.25) is 4.98 Å². The number of nitrogens with zero attached hydrogens (tertiary/aromatic N) is 5. The first-order valence-corrected chi connectivity index (χ1v) is 28.1. The molecular formula is C77H51N5. The van der Waals surface area contributed by atoms with Gasteiger partial charge in [-0.1, -0.05) is 214 Å². The number of hydrogen-bond donors (Lipinski definition) is 0. The molecule has 0 spiro atoms. The van der Waals surface area contributed by atoms with Crippen LogP contribution in [0.25, 0.3) is 150 Å². The predicted molar refractivity (Wildman–Crippen MR) is 340 cm³/mol. The monoisotopic (exact) mass is 1050 g/mol. The maximum Gasteiger partial charge on any atom is 0.164 e. The smallest absolute Gasteiger partial charge is 0.164 e. The summed E-state index contributed by atoms with van der Waals surface area (Å²) in [7, 11) is 0. The number of pyridine rings is 1. The Morgan fingerprint density at radius 3 is 1.28 bits per heavy atom. The molecule has 1 aliphatic rings. The number of hydrogen-bond acceptors (Lipinski definition) is 4. The van der Waals surface area contributed by atoms with Gasteiger partial charge in [-0.2, -0.15) is 0 Å². The van der Waals surface area contributed by atoms with Gasteiger partial charge in [0.1, 0.15) is 0 Å². The van der Waals surface area contributed by atoms with Crippen LogP contribution in [0.5, 0.6) is 0 Å². The van der Waals surface area contributed by atoms with Gasteiger partial charge in [-0.05, 0) is 160 Å². The third-order valence-electron chi connectivity index (χ3n) is 17.0. The van der Waals surface area contributed by atoms with Crippen LogP contribution in [-0.2, 0) is 5.41 Å². The maximum absolute atomic E-state index is 5.49. The van der Waals surface area contributed by atoms with E-state index in [-0.39, 0.29) is 5.41 Å². The highest BCUT2D eigenvalue weighted by atomic mass is 15.0. The SMILES string of the molecule is CC1(C)c2ccc3c(c2-c2ccc4c5ccccc5c5ccccc5c4c21)c1cnccc1n3-c1cccc(-c2nc(-c3cc(-c4ccccc4)cc(-c4ccccc4)c3)nc(-c3cc(-c4ccccc4)cc(-c4ccccc4)c3)n2)c1. The number of fused-ring (bicyclic) bond motifs is 14. The Labute approximate surface area is 475 Å². The van der Waals surface area contributed by atoms with Crippen molar-refractivity contribution in [3.05, 3.63) is 284 Å². The van der Waals surface area contributed by atoms with Crippen molar-refractivity contribution in [1.82, 2.24) is 24.5 Å². The van der Waals surface area contributed by atoms with Crippen LogP contribution in [0.3, 0.4) is 0 Å². The Bertz CT molecular complexity index is 4750. The zero-order chi connectivity index (χ0) is 54.5. The zero-order valence-electron chi connectivity index (χ0n) is 45.2. The fraction of sp³-hybridized carbons (Fsp3) is 0.0390. The topological polar surface area (TPSA) is 56.5 Å². The van der Waals surface area contributed by atoms with E-state index in [1.807, 2.05) is 6.20 Å². The molecule has 16 rings (SSSR count). The Balaban J connectivity index is 0.916. The summed E-state index contributed by atoms with van der Waals surface area (Å²) in [6.45, 7) is 4.82. The molecule has 0 bridgehead atoms. The van der Waals surface area contributed by atoms with Crippen LogP contribution >= 0.6 is 0 Å². The molecule has 0 aliphatic heterocycles. The van der Waals surface area contributed by atoms with Crippen LogP contribution in [0.1, 0.15) is 25.0 Å². The van der Waals surface area contributed by atoms with E-state index in [0.717, 1.165) is 83.3 Å². The van der Waals surface area contributed by atoms with Crippen molar-refractivity contribution < 1.29 is 0 Å². The van der Waals surface area contributed by atoms with Crippen LogP contribution in [0.4, 0.5) is 0 Å². The van der Waals surface area contributed by atoms with Gasteiger partial charge in [-0.15, -0.1) is 0 Å². The second-order valence-electron chi connectivity index (χ2n) is 22.2. The van der Waals surface area contributed by atoms with E-state index in [2.05, 4.69) is 285 Å². The summed E-state index contributed by atoms with van der Waals surface area (Å²) in [5.41, 5.74) is 19.6. The van der Waals surface area contributed by atoms with Crippen molar-refractivity contribution in [2.75, 3.05) is 0 Å². The molecule has 5 heteroatoms. The molecule has 15 aromatic rings. The average molecular weight is 1050 g/mol. The molecule has 82 heavy (non-hydrogen) atoms. The fourth-order valence-electron chi connectivity index (χ4n) is 13.3. The standard InChI is InChI=1S/C77H51N5/c1-77(2)67-36-37-69-72(71(67)65-35-34-64-62-32-16-15-30-60(62)61-31-17-18-33-63(61)70(64)73(65)77)66-47-78-39-38-68(66)82(69)59-29-19-28-52(46-59)74-79-75(57-42-53(48-20-7-3-8-21-48)40-54(43-57)49-22-9-4-10-23-49)81-76(80-74)58-44-55(50-24-11-5-12-25-50)41-56(45-58)51-26-13-6-14-27-51/h3-47H,1-2H3. The molecule has 0 unspecified atom stereocenters. The second kappa shape index (κ2) is 18.8. The Hall–Kier alpha value is -10.6. The van der Waals surface area contributed by atoms with Crippen molar-refractivity contribution in [2.24, 2.45) is 0 Å². The molecule has 0 N–H and O–H groups in total. The van der Waals surface area contributed by atoms with Crippen LogP contribution in [0.2, 0.25) is 0 Å². The van der Waals surface area contributed by atoms with E-state index in [9.17, 15) is 0 Å². The van der Waals surface area contributed by atoms with Crippen molar-refractivity contribution in [1.29, 1.82) is 0 Å². The highest BCUT2D eigenvalue weighted by molar-refractivity contribution is 6.28. The van der Waals surface area contributed by atoms with Crippen molar-refractivity contribution in [3.8, 4) is 95.5 Å². The van der Waals surface area contributed by atoms with Crippen LogP contribution in [0, 0.1) is 0 Å². The van der Waals surface area contributed by atoms with Gasteiger partial charge in [0.15, 0.2) is 17.5 Å². The molecule has 0 saturated carbocycles. The lowest BCUT2D eigenvalue weighted by atomic mass is 9.78. The van der Waals surface area contributed by atoms with E-state index in [1.165, 1.54) is 60.0 Å². The lowest BCUT2D eigenvalue weighted by molar-refractivity contribution is 0.667. The number of aromatic nitrogens is 5. The summed E-state index contributed by atoms with van der Waals surface area (Å²) in [5.74, 6) is 1.74. The van der Waals surface area contributed by atoms with Gasteiger partial charge in [0, 0.05) is 51.0 Å². The second-order valence-corrected chi connectivity index (χ2v) is 22.2. The van der Waals surface area contributed by atoms with E-state index in [0.29, 0.717) is 17.5 Å². The summed E-state index contributed by atoms with van der Waals surface area (Å²) in [4.78, 5) is 21.3. The first-order valence-electron chi connectivity index (χ1n) is 28.1. The summed E-state index contributed by atoms with van der Waals surface area (Å²) in [6.07, 6.45) is 3.97.